The second kappa shape index (κ2) is 9.00. The number of aliphatic hydroxyl groups excluding tert-OH is 4. The molecule has 0 bridgehead atoms. The third-order valence-electron chi connectivity index (χ3n) is 16.1. The van der Waals surface area contributed by atoms with Crippen LogP contribution in [-0.4, -0.2) is 92.5 Å². The molecule has 8 rings (SSSR count). The van der Waals surface area contributed by atoms with Crippen LogP contribution in [0.4, 0.5) is 0 Å². The fraction of sp³-hybridized carbons (Fsp3) is 1.00. The Labute approximate surface area is 262 Å². The average Bonchev–Trinajstić information content (AvgIpc) is 3.49. The summed E-state index contributed by atoms with van der Waals surface area (Å²) in [7, 11) is 0. The zero-order chi connectivity index (χ0) is 31.6. The zero-order valence-electron chi connectivity index (χ0n) is 27.7. The molecule has 0 aromatic carbocycles. The monoisotopic (exact) mass is 620 g/mol. The molecule has 0 amide bonds. The molecule has 5 aliphatic carbocycles. The molecule has 9 nitrogen and oxygen atoms in total. The Kier molecular flexibility index (Phi) is 6.33. The molecular weight excluding hydrogens is 564 g/mol. The molecule has 3 aliphatic heterocycles. The van der Waals surface area contributed by atoms with Crippen molar-refractivity contribution in [1.82, 2.24) is 0 Å². The molecule has 8 fully saturated rings. The first-order valence-corrected chi connectivity index (χ1v) is 17.5. The van der Waals surface area contributed by atoms with Crippen LogP contribution in [0.3, 0.4) is 0 Å². The molecule has 3 heterocycles. The van der Waals surface area contributed by atoms with Gasteiger partial charge in [-0.15, -0.1) is 0 Å². The normalized spacial score (nSPS) is 63.3. The SMILES string of the molecule is C[C@H]1[C@H]2[C@H](C[C@@]3(C)C4CC[C@H]5C(C)(C)[C@@H](OC6OCC(O)C(O)C6O)CC[C@@]56C[C@@]46CC[C@]23C)O[C@@]2(O)[C@@H]1OC(C)(C)[C@H]2O. The number of hydrogen-bond acceptors (Lipinski definition) is 9. The van der Waals surface area contributed by atoms with Gasteiger partial charge in [0.1, 0.15) is 30.5 Å². The number of hydrogen-bond donors (Lipinski definition) is 5. The zero-order valence-corrected chi connectivity index (χ0v) is 27.7. The second-order valence-electron chi connectivity index (χ2n) is 18.3. The maximum Gasteiger partial charge on any atom is 0.222 e. The molecule has 8 aliphatic rings. The summed E-state index contributed by atoms with van der Waals surface area (Å²) in [6.45, 7) is 15.6. The maximum absolute atomic E-state index is 11.8. The molecule has 0 radical (unpaired) electrons. The first kappa shape index (κ1) is 30.9. The van der Waals surface area contributed by atoms with Crippen molar-refractivity contribution in [2.75, 3.05) is 6.61 Å². The van der Waals surface area contributed by atoms with E-state index in [0.717, 1.165) is 38.5 Å². The molecule has 9 heteroatoms. The van der Waals surface area contributed by atoms with Crippen molar-refractivity contribution in [1.29, 1.82) is 0 Å². The Bertz CT molecular complexity index is 1210. The van der Waals surface area contributed by atoms with E-state index in [0.29, 0.717) is 17.3 Å². The minimum Gasteiger partial charge on any atom is -0.388 e. The second-order valence-corrected chi connectivity index (χ2v) is 18.3. The minimum atomic E-state index is -1.67. The Hall–Kier alpha value is -0.360. The van der Waals surface area contributed by atoms with Gasteiger partial charge in [-0.05, 0) is 116 Å². The van der Waals surface area contributed by atoms with Gasteiger partial charge in [-0.3, -0.25) is 0 Å². The summed E-state index contributed by atoms with van der Waals surface area (Å²) in [6, 6.07) is 0. The van der Waals surface area contributed by atoms with Gasteiger partial charge in [-0.2, -0.15) is 0 Å². The maximum atomic E-state index is 11.8. The van der Waals surface area contributed by atoms with Gasteiger partial charge in [0.05, 0.1) is 24.4 Å². The quantitative estimate of drug-likeness (QED) is 0.295. The summed E-state index contributed by atoms with van der Waals surface area (Å²) in [4.78, 5) is 0. The van der Waals surface area contributed by atoms with E-state index in [1.807, 2.05) is 13.8 Å². The lowest BCUT2D eigenvalue weighted by Gasteiger charge is -2.63. The van der Waals surface area contributed by atoms with Crippen LogP contribution in [0.1, 0.15) is 99.8 Å². The van der Waals surface area contributed by atoms with Crippen LogP contribution in [0.5, 0.6) is 0 Å². The number of ether oxygens (including phenoxy) is 4. The van der Waals surface area contributed by atoms with Gasteiger partial charge in [-0.1, -0.05) is 34.6 Å². The van der Waals surface area contributed by atoms with E-state index >= 15 is 0 Å². The lowest BCUT2D eigenvalue weighted by atomic mass is 9.41. The third kappa shape index (κ3) is 3.43. The Morgan fingerprint density at radius 1 is 0.773 bits per heavy atom. The van der Waals surface area contributed by atoms with Crippen molar-refractivity contribution in [3.63, 3.8) is 0 Å². The summed E-state index contributed by atoms with van der Waals surface area (Å²) in [6.07, 6.45) is 2.41. The minimum absolute atomic E-state index is 0.0448. The summed E-state index contributed by atoms with van der Waals surface area (Å²) in [5.41, 5.74) is -0.280. The first-order chi connectivity index (χ1) is 20.4. The van der Waals surface area contributed by atoms with E-state index in [-0.39, 0.29) is 52.3 Å². The van der Waals surface area contributed by atoms with Gasteiger partial charge in [0.25, 0.3) is 0 Å². The summed E-state index contributed by atoms with van der Waals surface area (Å²) < 4.78 is 25.1. The predicted molar refractivity (Wildman–Crippen MR) is 159 cm³/mol. The van der Waals surface area contributed by atoms with E-state index in [1.165, 1.54) is 12.8 Å². The lowest BCUT2D eigenvalue weighted by molar-refractivity contribution is -0.327. The lowest BCUT2D eigenvalue weighted by Crippen LogP contribution is -2.63. The largest absolute Gasteiger partial charge is 0.388 e. The van der Waals surface area contributed by atoms with E-state index in [4.69, 9.17) is 18.9 Å². The van der Waals surface area contributed by atoms with Crippen molar-refractivity contribution in [3.8, 4) is 0 Å². The van der Waals surface area contributed by atoms with Gasteiger partial charge < -0.3 is 44.5 Å². The van der Waals surface area contributed by atoms with Crippen molar-refractivity contribution >= 4 is 0 Å². The van der Waals surface area contributed by atoms with Crippen LogP contribution in [0, 0.1) is 50.7 Å². The van der Waals surface area contributed by atoms with Crippen molar-refractivity contribution < 1.29 is 44.5 Å². The van der Waals surface area contributed by atoms with Crippen LogP contribution < -0.4 is 0 Å². The molecular formula is C35H56O9. The van der Waals surface area contributed by atoms with Crippen molar-refractivity contribution in [2.24, 2.45) is 50.7 Å². The predicted octanol–water partition coefficient (Wildman–Crippen LogP) is 3.12. The molecule has 5 unspecified atom stereocenters. The number of fused-ring (bicyclic) bond motifs is 5. The van der Waals surface area contributed by atoms with Gasteiger partial charge in [0, 0.05) is 0 Å². The molecule has 5 N–H and O–H groups in total. The highest BCUT2D eigenvalue weighted by Gasteiger charge is 2.84. The van der Waals surface area contributed by atoms with Gasteiger partial charge in [-0.25, -0.2) is 0 Å². The van der Waals surface area contributed by atoms with E-state index in [9.17, 15) is 25.5 Å². The van der Waals surface area contributed by atoms with Crippen LogP contribution in [0.25, 0.3) is 0 Å². The number of aliphatic hydroxyl groups is 5. The van der Waals surface area contributed by atoms with E-state index in [1.54, 1.807) is 0 Å². The highest BCUT2D eigenvalue weighted by molar-refractivity contribution is 5.32. The van der Waals surface area contributed by atoms with Crippen LogP contribution in [-0.2, 0) is 18.9 Å². The molecule has 44 heavy (non-hydrogen) atoms. The van der Waals surface area contributed by atoms with E-state index < -0.39 is 48.2 Å². The fourth-order valence-corrected chi connectivity index (χ4v) is 13.9. The van der Waals surface area contributed by atoms with Gasteiger partial charge in [0.2, 0.25) is 5.79 Å². The third-order valence-corrected chi connectivity index (χ3v) is 16.1. The Balaban J connectivity index is 1.06. The molecule has 17 atom stereocenters. The average molecular weight is 621 g/mol. The summed E-state index contributed by atoms with van der Waals surface area (Å²) >= 11 is 0. The topological polar surface area (TPSA) is 138 Å². The molecule has 0 aromatic heterocycles. The first-order valence-electron chi connectivity index (χ1n) is 17.5. The Morgan fingerprint density at radius 2 is 1.45 bits per heavy atom. The van der Waals surface area contributed by atoms with Crippen LogP contribution >= 0.6 is 0 Å². The smallest absolute Gasteiger partial charge is 0.222 e. The standard InChI is InChI=1S/C35H56O9/c1-17-23-19(43-35(40)26(17)44-30(4,5)28(35)39)14-32(7)21-9-8-20-29(2,3)22(42-27-25(38)24(37)18(36)15-41-27)10-11-33(20)16-34(21,33)13-12-31(23,32)6/h17-28,36-40H,8-16H2,1-7H3/t17-,18?,19-,20-,21?,22-,23-,24?,25?,26+,27?,28+,31+,32-,33+,34-,35-/m0/s1. The molecule has 2 spiro atoms. The van der Waals surface area contributed by atoms with Crippen LogP contribution in [0.2, 0.25) is 0 Å². The summed E-state index contributed by atoms with van der Waals surface area (Å²) in [5.74, 6) is -0.258. The molecule has 3 saturated heterocycles. The summed E-state index contributed by atoms with van der Waals surface area (Å²) in [5, 5.41) is 53.7. The molecule has 0 aromatic rings. The molecule has 250 valence electrons. The fourth-order valence-electron chi connectivity index (χ4n) is 13.9. The van der Waals surface area contributed by atoms with Gasteiger partial charge >= 0.3 is 0 Å². The highest BCUT2D eigenvalue weighted by atomic mass is 16.7. The number of rotatable bonds is 2. The van der Waals surface area contributed by atoms with Gasteiger partial charge in [0.15, 0.2) is 6.29 Å². The van der Waals surface area contributed by atoms with Crippen LogP contribution in [0.15, 0.2) is 0 Å². The van der Waals surface area contributed by atoms with Crippen molar-refractivity contribution in [2.45, 2.75) is 160 Å². The highest BCUT2D eigenvalue weighted by Crippen LogP contribution is 2.89. The van der Waals surface area contributed by atoms with Crippen molar-refractivity contribution in [3.05, 3.63) is 0 Å². The Morgan fingerprint density at radius 3 is 2.18 bits per heavy atom. The van der Waals surface area contributed by atoms with E-state index in [2.05, 4.69) is 34.6 Å². The molecule has 5 saturated carbocycles.